The number of nitrogens with one attached hydrogen (secondary N) is 2. The van der Waals surface area contributed by atoms with Crippen molar-refractivity contribution >= 4 is 29.1 Å². The molecule has 0 spiro atoms. The van der Waals surface area contributed by atoms with Crippen molar-refractivity contribution in [1.82, 2.24) is 5.32 Å². The highest BCUT2D eigenvalue weighted by molar-refractivity contribution is 6.34. The second-order valence-electron chi connectivity index (χ2n) is 5.26. The Hall–Kier alpha value is -2.33. The number of hydrogen-bond acceptors (Lipinski definition) is 2. The molecule has 1 aliphatic carbocycles. The standard InChI is InChI=1S/C17H15ClN2O2/c18-15-7-2-1-6-14(15)17(22)20-13-5-3-4-11(10-13)16(21)19-12-8-9-12/h1-7,10,12H,8-9H2,(H,19,21)(H,20,22). The lowest BCUT2D eigenvalue weighted by atomic mass is 10.1. The number of halogens is 1. The van der Waals surface area contributed by atoms with Crippen LogP contribution in [0.4, 0.5) is 5.69 Å². The van der Waals surface area contributed by atoms with Crippen LogP contribution < -0.4 is 10.6 Å². The molecule has 0 heterocycles. The summed E-state index contributed by atoms with van der Waals surface area (Å²) < 4.78 is 0. The van der Waals surface area contributed by atoms with E-state index in [-0.39, 0.29) is 11.8 Å². The van der Waals surface area contributed by atoms with Gasteiger partial charge in [0.1, 0.15) is 0 Å². The van der Waals surface area contributed by atoms with E-state index >= 15 is 0 Å². The van der Waals surface area contributed by atoms with Gasteiger partial charge in [-0.05, 0) is 43.2 Å². The monoisotopic (exact) mass is 314 g/mol. The van der Waals surface area contributed by atoms with Gasteiger partial charge in [0, 0.05) is 17.3 Å². The first kappa shape index (κ1) is 14.6. The molecule has 0 saturated heterocycles. The summed E-state index contributed by atoms with van der Waals surface area (Å²) in [4.78, 5) is 24.2. The van der Waals surface area contributed by atoms with Crippen LogP contribution in [0.1, 0.15) is 33.6 Å². The third-order valence-corrected chi connectivity index (χ3v) is 3.74. The van der Waals surface area contributed by atoms with Crippen LogP contribution in [0.5, 0.6) is 0 Å². The third-order valence-electron chi connectivity index (χ3n) is 3.41. The highest BCUT2D eigenvalue weighted by Crippen LogP contribution is 2.21. The lowest BCUT2D eigenvalue weighted by Gasteiger charge is -2.09. The predicted octanol–water partition coefficient (Wildman–Crippen LogP) is 3.48. The first-order valence-corrected chi connectivity index (χ1v) is 7.48. The molecular formula is C17H15ClN2O2. The minimum absolute atomic E-state index is 0.114. The minimum Gasteiger partial charge on any atom is -0.349 e. The molecule has 2 N–H and O–H groups in total. The summed E-state index contributed by atoms with van der Waals surface area (Å²) >= 11 is 6.01. The molecule has 4 nitrogen and oxygen atoms in total. The number of rotatable bonds is 4. The van der Waals surface area contributed by atoms with E-state index in [2.05, 4.69) is 10.6 Å². The van der Waals surface area contributed by atoms with E-state index in [1.165, 1.54) is 0 Å². The van der Waals surface area contributed by atoms with Crippen molar-refractivity contribution in [2.24, 2.45) is 0 Å². The Kier molecular flexibility index (Phi) is 4.11. The smallest absolute Gasteiger partial charge is 0.257 e. The molecule has 3 rings (SSSR count). The Morgan fingerprint density at radius 2 is 1.77 bits per heavy atom. The van der Waals surface area contributed by atoms with Gasteiger partial charge in [-0.25, -0.2) is 0 Å². The van der Waals surface area contributed by atoms with Gasteiger partial charge in [-0.2, -0.15) is 0 Å². The maximum absolute atomic E-state index is 12.2. The summed E-state index contributed by atoms with van der Waals surface area (Å²) in [5.41, 5.74) is 1.49. The maximum atomic E-state index is 12.2. The number of carbonyl (C=O) groups excluding carboxylic acids is 2. The van der Waals surface area contributed by atoms with Gasteiger partial charge < -0.3 is 10.6 Å². The second kappa shape index (κ2) is 6.20. The number of anilines is 1. The van der Waals surface area contributed by atoms with Gasteiger partial charge in [0.15, 0.2) is 0 Å². The molecule has 1 saturated carbocycles. The first-order chi connectivity index (χ1) is 10.6. The van der Waals surface area contributed by atoms with Gasteiger partial charge >= 0.3 is 0 Å². The van der Waals surface area contributed by atoms with Crippen LogP contribution in [-0.4, -0.2) is 17.9 Å². The summed E-state index contributed by atoms with van der Waals surface area (Å²) in [6.45, 7) is 0. The SMILES string of the molecule is O=C(NC1CC1)c1cccc(NC(=O)c2ccccc2Cl)c1. The van der Waals surface area contributed by atoms with Gasteiger partial charge in [-0.15, -0.1) is 0 Å². The van der Waals surface area contributed by atoms with Crippen molar-refractivity contribution < 1.29 is 9.59 Å². The van der Waals surface area contributed by atoms with Gasteiger partial charge in [0.2, 0.25) is 0 Å². The van der Waals surface area contributed by atoms with Gasteiger partial charge in [0.05, 0.1) is 10.6 Å². The molecule has 0 aliphatic heterocycles. The van der Waals surface area contributed by atoms with E-state index in [0.717, 1.165) is 12.8 Å². The molecule has 0 bridgehead atoms. The van der Waals surface area contributed by atoms with Gasteiger partial charge in [0.25, 0.3) is 11.8 Å². The van der Waals surface area contributed by atoms with Crippen molar-refractivity contribution in [2.45, 2.75) is 18.9 Å². The van der Waals surface area contributed by atoms with Crippen molar-refractivity contribution in [3.63, 3.8) is 0 Å². The van der Waals surface area contributed by atoms with Crippen LogP contribution in [-0.2, 0) is 0 Å². The van der Waals surface area contributed by atoms with E-state index in [1.807, 2.05) is 0 Å². The number of benzene rings is 2. The summed E-state index contributed by atoms with van der Waals surface area (Å²) in [6.07, 6.45) is 2.07. The predicted molar refractivity (Wildman–Crippen MR) is 86.3 cm³/mol. The molecule has 2 aromatic rings. The van der Waals surface area contributed by atoms with Gasteiger partial charge in [-0.3, -0.25) is 9.59 Å². The van der Waals surface area contributed by atoms with Crippen molar-refractivity contribution in [2.75, 3.05) is 5.32 Å². The maximum Gasteiger partial charge on any atom is 0.257 e. The molecule has 112 valence electrons. The van der Waals surface area contributed by atoms with Crippen LogP contribution in [0.25, 0.3) is 0 Å². The molecule has 5 heteroatoms. The minimum atomic E-state index is -0.301. The molecular weight excluding hydrogens is 300 g/mol. The summed E-state index contributed by atoms with van der Waals surface area (Å²) in [6, 6.07) is 14.0. The zero-order chi connectivity index (χ0) is 15.5. The fraction of sp³-hybridized carbons (Fsp3) is 0.176. The van der Waals surface area contributed by atoms with E-state index in [4.69, 9.17) is 11.6 Å². The van der Waals surface area contributed by atoms with Gasteiger partial charge in [-0.1, -0.05) is 29.8 Å². The molecule has 22 heavy (non-hydrogen) atoms. The number of carbonyl (C=O) groups is 2. The topological polar surface area (TPSA) is 58.2 Å². The largest absolute Gasteiger partial charge is 0.349 e. The fourth-order valence-corrected chi connectivity index (χ4v) is 2.30. The molecule has 0 aromatic heterocycles. The summed E-state index contributed by atoms with van der Waals surface area (Å²) in [5, 5.41) is 6.07. The van der Waals surface area contributed by atoms with Crippen molar-refractivity contribution in [3.8, 4) is 0 Å². The second-order valence-corrected chi connectivity index (χ2v) is 5.67. The first-order valence-electron chi connectivity index (χ1n) is 7.10. The Labute approximate surface area is 133 Å². The van der Waals surface area contributed by atoms with Crippen LogP contribution in [0, 0.1) is 0 Å². The molecule has 2 aromatic carbocycles. The zero-order valence-corrected chi connectivity index (χ0v) is 12.6. The molecule has 0 atom stereocenters. The highest BCUT2D eigenvalue weighted by atomic mass is 35.5. The van der Waals surface area contributed by atoms with E-state index in [0.29, 0.717) is 27.9 Å². The Balaban J connectivity index is 1.73. The summed E-state index contributed by atoms with van der Waals surface area (Å²) in [7, 11) is 0. The normalized spacial score (nSPS) is 13.5. The average molecular weight is 315 g/mol. The van der Waals surface area contributed by atoms with Crippen molar-refractivity contribution in [3.05, 3.63) is 64.7 Å². The van der Waals surface area contributed by atoms with Crippen molar-refractivity contribution in [1.29, 1.82) is 0 Å². The Bertz CT molecular complexity index is 726. The van der Waals surface area contributed by atoms with E-state index in [9.17, 15) is 9.59 Å². The molecule has 0 unspecified atom stereocenters. The van der Waals surface area contributed by atoms with E-state index < -0.39 is 0 Å². The molecule has 1 aliphatic rings. The number of hydrogen-bond donors (Lipinski definition) is 2. The van der Waals surface area contributed by atoms with E-state index in [1.54, 1.807) is 48.5 Å². The average Bonchev–Trinajstić information content (AvgIpc) is 3.32. The Morgan fingerprint density at radius 3 is 2.50 bits per heavy atom. The molecule has 0 radical (unpaired) electrons. The van der Waals surface area contributed by atoms with Crippen LogP contribution in [0.2, 0.25) is 5.02 Å². The fourth-order valence-electron chi connectivity index (χ4n) is 2.08. The lowest BCUT2D eigenvalue weighted by molar-refractivity contribution is 0.0949. The number of amides is 2. The Morgan fingerprint density at radius 1 is 1.00 bits per heavy atom. The summed E-state index contributed by atoms with van der Waals surface area (Å²) in [5.74, 6) is -0.415. The zero-order valence-electron chi connectivity index (χ0n) is 11.8. The van der Waals surface area contributed by atoms with Crippen LogP contribution >= 0.6 is 11.6 Å². The highest BCUT2D eigenvalue weighted by Gasteiger charge is 2.23. The van der Waals surface area contributed by atoms with Crippen LogP contribution in [0.15, 0.2) is 48.5 Å². The molecule has 2 amide bonds. The molecule has 1 fully saturated rings. The lowest BCUT2D eigenvalue weighted by Crippen LogP contribution is -2.25. The third kappa shape index (κ3) is 3.46. The van der Waals surface area contributed by atoms with Crippen LogP contribution in [0.3, 0.4) is 0 Å². The quantitative estimate of drug-likeness (QED) is 0.907.